The van der Waals surface area contributed by atoms with E-state index < -0.39 is 4.92 Å². The maximum absolute atomic E-state index is 12.7. The summed E-state index contributed by atoms with van der Waals surface area (Å²) in [6, 6.07) is 3.07. The largest absolute Gasteiger partial charge is 0.353 e. The van der Waals surface area contributed by atoms with Crippen molar-refractivity contribution in [3.05, 3.63) is 44.3 Å². The third kappa shape index (κ3) is 3.55. The number of nitro groups is 1. The summed E-state index contributed by atoms with van der Waals surface area (Å²) >= 11 is 3.47. The minimum Gasteiger partial charge on any atom is -0.353 e. The second-order valence-corrected chi connectivity index (χ2v) is 7.16. The highest BCUT2D eigenvalue weighted by molar-refractivity contribution is 9.10. The molecule has 1 N–H and O–H groups in total. The maximum atomic E-state index is 12.7. The van der Waals surface area contributed by atoms with E-state index in [1.807, 2.05) is 18.7 Å². The van der Waals surface area contributed by atoms with Crippen molar-refractivity contribution in [2.24, 2.45) is 0 Å². The number of hydrogen-bond donors (Lipinski definition) is 1. The summed E-state index contributed by atoms with van der Waals surface area (Å²) in [6.07, 6.45) is 1.25. The van der Waals surface area contributed by atoms with Crippen molar-refractivity contribution < 1.29 is 9.72 Å². The summed E-state index contributed by atoms with van der Waals surface area (Å²) in [5.74, 6) is 0.797. The number of aromatic amines is 1. The van der Waals surface area contributed by atoms with Gasteiger partial charge in [-0.3, -0.25) is 20.0 Å². The number of anilines is 1. The predicted molar refractivity (Wildman–Crippen MR) is 99.4 cm³/mol. The number of pyridine rings is 1. The lowest BCUT2D eigenvalue weighted by molar-refractivity contribution is -0.385. The number of amides is 1. The Morgan fingerprint density at radius 2 is 2.00 bits per heavy atom. The summed E-state index contributed by atoms with van der Waals surface area (Å²) in [4.78, 5) is 30.9. The van der Waals surface area contributed by atoms with Crippen LogP contribution in [0.15, 0.2) is 22.8 Å². The fourth-order valence-electron chi connectivity index (χ4n) is 2.83. The maximum Gasteiger partial charge on any atom is 0.287 e. The molecule has 3 rings (SSSR count). The Bertz CT molecular complexity index is 812. The second-order valence-electron chi connectivity index (χ2n) is 6.37. The molecule has 2 aromatic rings. The molecule has 0 bridgehead atoms. The molecule has 0 saturated carbocycles. The van der Waals surface area contributed by atoms with E-state index in [1.54, 1.807) is 11.0 Å². The first-order chi connectivity index (χ1) is 12.4. The minimum atomic E-state index is -0.472. The van der Waals surface area contributed by atoms with Crippen molar-refractivity contribution in [2.45, 2.75) is 19.8 Å². The van der Waals surface area contributed by atoms with Crippen molar-refractivity contribution in [1.29, 1.82) is 0 Å². The molecular formula is C16H19BrN6O3. The van der Waals surface area contributed by atoms with Gasteiger partial charge in [-0.2, -0.15) is 5.10 Å². The molecule has 3 heterocycles. The van der Waals surface area contributed by atoms with Crippen molar-refractivity contribution in [2.75, 3.05) is 31.1 Å². The van der Waals surface area contributed by atoms with Crippen LogP contribution in [0, 0.1) is 10.1 Å². The van der Waals surface area contributed by atoms with E-state index in [-0.39, 0.29) is 17.5 Å². The Hall–Kier alpha value is -2.49. The Morgan fingerprint density at radius 3 is 2.50 bits per heavy atom. The Balaban J connectivity index is 1.64. The number of H-pyrrole nitrogens is 1. The quantitative estimate of drug-likeness (QED) is 0.598. The van der Waals surface area contributed by atoms with Gasteiger partial charge in [-0.25, -0.2) is 4.98 Å². The van der Waals surface area contributed by atoms with Gasteiger partial charge >= 0.3 is 0 Å². The molecule has 138 valence electrons. The number of halogens is 1. The van der Waals surface area contributed by atoms with E-state index in [4.69, 9.17) is 0 Å². The zero-order valence-electron chi connectivity index (χ0n) is 14.5. The summed E-state index contributed by atoms with van der Waals surface area (Å²) in [7, 11) is 0. The molecule has 1 amide bonds. The second kappa shape index (κ2) is 7.40. The molecule has 26 heavy (non-hydrogen) atoms. The molecule has 2 aromatic heterocycles. The number of carbonyl (C=O) groups excluding carboxylic acids is 1. The fourth-order valence-corrected chi connectivity index (χ4v) is 3.63. The van der Waals surface area contributed by atoms with Gasteiger partial charge in [0.1, 0.15) is 12.0 Å². The molecule has 0 spiro atoms. The number of carbonyl (C=O) groups is 1. The molecular weight excluding hydrogens is 404 g/mol. The predicted octanol–water partition coefficient (Wildman–Crippen LogP) is 2.56. The average molecular weight is 423 g/mol. The normalized spacial score (nSPS) is 14.8. The van der Waals surface area contributed by atoms with Crippen molar-refractivity contribution >= 4 is 33.3 Å². The molecule has 1 fully saturated rings. The molecule has 0 atom stereocenters. The van der Waals surface area contributed by atoms with E-state index >= 15 is 0 Å². The Morgan fingerprint density at radius 1 is 1.31 bits per heavy atom. The number of nitrogens with one attached hydrogen (secondary N) is 1. The number of rotatable bonds is 4. The van der Waals surface area contributed by atoms with Crippen LogP contribution in [0.4, 0.5) is 11.5 Å². The Labute approximate surface area is 158 Å². The van der Waals surface area contributed by atoms with Gasteiger partial charge in [-0.1, -0.05) is 13.8 Å². The highest BCUT2D eigenvalue weighted by Gasteiger charge is 2.27. The summed E-state index contributed by atoms with van der Waals surface area (Å²) in [6.45, 7) is 6.35. The first-order valence-electron chi connectivity index (χ1n) is 8.27. The van der Waals surface area contributed by atoms with Gasteiger partial charge in [0.05, 0.1) is 15.1 Å². The molecule has 10 heteroatoms. The van der Waals surface area contributed by atoms with Crippen LogP contribution in [0.5, 0.6) is 0 Å². The lowest BCUT2D eigenvalue weighted by Crippen LogP contribution is -2.49. The van der Waals surface area contributed by atoms with E-state index in [1.165, 1.54) is 12.3 Å². The first kappa shape index (κ1) is 18.3. The number of aromatic nitrogens is 3. The lowest BCUT2D eigenvalue weighted by Gasteiger charge is -2.35. The van der Waals surface area contributed by atoms with Crippen LogP contribution in [-0.2, 0) is 0 Å². The monoisotopic (exact) mass is 422 g/mol. The molecule has 0 aliphatic carbocycles. The fraction of sp³-hybridized carbons (Fsp3) is 0.438. The summed E-state index contributed by atoms with van der Waals surface area (Å²) < 4.78 is 0.719. The zero-order valence-corrected chi connectivity index (χ0v) is 16.1. The van der Waals surface area contributed by atoms with E-state index in [0.717, 1.165) is 10.2 Å². The van der Waals surface area contributed by atoms with E-state index in [0.29, 0.717) is 37.7 Å². The third-order valence-electron chi connectivity index (χ3n) is 4.35. The molecule has 9 nitrogen and oxygen atoms in total. The highest BCUT2D eigenvalue weighted by Crippen LogP contribution is 2.27. The average Bonchev–Trinajstić information content (AvgIpc) is 3.03. The van der Waals surface area contributed by atoms with Gasteiger partial charge < -0.3 is 9.80 Å². The zero-order chi connectivity index (χ0) is 18.8. The van der Waals surface area contributed by atoms with Crippen molar-refractivity contribution in [1.82, 2.24) is 20.1 Å². The van der Waals surface area contributed by atoms with Crippen LogP contribution in [-0.4, -0.2) is 57.1 Å². The van der Waals surface area contributed by atoms with Crippen LogP contribution in [0.3, 0.4) is 0 Å². The van der Waals surface area contributed by atoms with Gasteiger partial charge in [0.15, 0.2) is 5.69 Å². The molecule has 0 aromatic carbocycles. The number of hydrogen-bond acceptors (Lipinski definition) is 6. The van der Waals surface area contributed by atoms with E-state index in [2.05, 4.69) is 31.1 Å². The molecule has 0 unspecified atom stereocenters. The van der Waals surface area contributed by atoms with E-state index in [9.17, 15) is 14.9 Å². The van der Waals surface area contributed by atoms with Crippen LogP contribution in [0.1, 0.15) is 35.9 Å². The van der Waals surface area contributed by atoms with Crippen LogP contribution in [0.25, 0.3) is 0 Å². The molecule has 1 saturated heterocycles. The standard InChI is InChI=1S/C16H19BrN6O3/c1-10(2)14-13(17)15(20-19-14)16(24)22-7-5-21(6-8-22)12-4-3-11(9-18-12)23(25)26/h3-4,9-10H,5-8H2,1-2H3,(H,19,20). The van der Waals surface area contributed by atoms with Gasteiger partial charge in [-0.15, -0.1) is 0 Å². The van der Waals surface area contributed by atoms with Gasteiger partial charge in [-0.05, 0) is 27.9 Å². The first-order valence-corrected chi connectivity index (χ1v) is 9.06. The Kier molecular flexibility index (Phi) is 5.21. The van der Waals surface area contributed by atoms with Gasteiger partial charge in [0.25, 0.3) is 11.6 Å². The van der Waals surface area contributed by atoms with Gasteiger partial charge in [0.2, 0.25) is 0 Å². The van der Waals surface area contributed by atoms with Crippen molar-refractivity contribution in [3.8, 4) is 0 Å². The summed E-state index contributed by atoms with van der Waals surface area (Å²) in [5, 5.41) is 17.8. The molecule has 1 aliphatic heterocycles. The molecule has 1 aliphatic rings. The van der Waals surface area contributed by atoms with Crippen LogP contribution < -0.4 is 4.90 Å². The van der Waals surface area contributed by atoms with Crippen LogP contribution in [0.2, 0.25) is 0 Å². The lowest BCUT2D eigenvalue weighted by atomic mass is 10.1. The number of nitrogens with zero attached hydrogens (tertiary/aromatic N) is 5. The topological polar surface area (TPSA) is 108 Å². The third-order valence-corrected chi connectivity index (χ3v) is 5.15. The highest BCUT2D eigenvalue weighted by atomic mass is 79.9. The molecule has 0 radical (unpaired) electrons. The van der Waals surface area contributed by atoms with Gasteiger partial charge in [0, 0.05) is 32.2 Å². The van der Waals surface area contributed by atoms with Crippen LogP contribution >= 0.6 is 15.9 Å². The number of piperazine rings is 1. The smallest absolute Gasteiger partial charge is 0.287 e. The SMILES string of the molecule is CC(C)c1[nH]nc(C(=O)N2CCN(c3ccc([N+](=O)[O-])cn3)CC2)c1Br. The van der Waals surface area contributed by atoms with Crippen molar-refractivity contribution in [3.63, 3.8) is 0 Å². The minimum absolute atomic E-state index is 0.0353. The summed E-state index contributed by atoms with van der Waals surface area (Å²) in [5.41, 5.74) is 1.27.